The molecule has 0 saturated carbocycles. The van der Waals surface area contributed by atoms with Gasteiger partial charge >= 0.3 is 0 Å². The van der Waals surface area contributed by atoms with E-state index in [1.54, 1.807) is 11.8 Å². The Hall–Kier alpha value is -1.64. The average Bonchev–Trinajstić information content (AvgIpc) is 3.09. The molecule has 24 heavy (non-hydrogen) atoms. The molecule has 0 bridgehead atoms. The lowest BCUT2D eigenvalue weighted by Gasteiger charge is -2.35. The van der Waals surface area contributed by atoms with Gasteiger partial charge in [0.2, 0.25) is 5.13 Å². The summed E-state index contributed by atoms with van der Waals surface area (Å²) < 4.78 is 0. The third kappa shape index (κ3) is 4.68. The van der Waals surface area contributed by atoms with Crippen LogP contribution >= 0.6 is 11.3 Å². The van der Waals surface area contributed by atoms with E-state index in [0.717, 1.165) is 42.6 Å². The van der Waals surface area contributed by atoms with E-state index in [9.17, 15) is 0 Å². The molecule has 2 aromatic heterocycles. The molecule has 0 amide bonds. The largest absolute Gasteiger partial charge is 0.396 e. The molecule has 3 rings (SSSR count). The highest BCUT2D eigenvalue weighted by Gasteiger charge is 2.23. The highest BCUT2D eigenvalue weighted by molar-refractivity contribution is 7.13. The predicted molar refractivity (Wildman–Crippen MR) is 94.4 cm³/mol. The van der Waals surface area contributed by atoms with Gasteiger partial charge in [0.1, 0.15) is 17.7 Å². The lowest BCUT2D eigenvalue weighted by Crippen LogP contribution is -2.40. The quantitative estimate of drug-likeness (QED) is 0.792. The van der Waals surface area contributed by atoms with Crippen molar-refractivity contribution in [1.29, 1.82) is 0 Å². The summed E-state index contributed by atoms with van der Waals surface area (Å²) in [6.45, 7) is 4.68. The number of piperidine rings is 1. The zero-order valence-corrected chi connectivity index (χ0v) is 14.7. The van der Waals surface area contributed by atoms with Gasteiger partial charge in [-0.3, -0.25) is 0 Å². The Balaban J connectivity index is 1.52. The van der Waals surface area contributed by atoms with Crippen molar-refractivity contribution in [3.63, 3.8) is 0 Å². The van der Waals surface area contributed by atoms with E-state index < -0.39 is 0 Å². The second-order valence-electron chi connectivity index (χ2n) is 6.31. The molecule has 3 heterocycles. The minimum atomic E-state index is 0.270. The first-order valence-corrected chi connectivity index (χ1v) is 9.31. The van der Waals surface area contributed by atoms with Crippen LogP contribution in [0.2, 0.25) is 0 Å². The summed E-state index contributed by atoms with van der Waals surface area (Å²) in [4.78, 5) is 11.1. The Morgan fingerprint density at radius 3 is 2.92 bits per heavy atom. The van der Waals surface area contributed by atoms with Crippen molar-refractivity contribution in [2.45, 2.75) is 38.6 Å². The van der Waals surface area contributed by atoms with Gasteiger partial charge in [0.25, 0.3) is 0 Å². The maximum absolute atomic E-state index is 9.08. The molecule has 0 radical (unpaired) electrons. The number of anilines is 2. The predicted octanol–water partition coefficient (Wildman–Crippen LogP) is 2.10. The fraction of sp³-hybridized carbons (Fsp3) is 0.625. The number of hydrogen-bond donors (Lipinski definition) is 2. The van der Waals surface area contributed by atoms with Crippen molar-refractivity contribution < 1.29 is 5.11 Å². The number of hydrogen-bond acceptors (Lipinski definition) is 8. The minimum absolute atomic E-state index is 0.270. The van der Waals surface area contributed by atoms with Crippen LogP contribution in [0.25, 0.3) is 0 Å². The molecule has 1 saturated heterocycles. The summed E-state index contributed by atoms with van der Waals surface area (Å²) in [6.07, 6.45) is 5.81. The van der Waals surface area contributed by atoms with Gasteiger partial charge in [-0.05, 0) is 51.6 Å². The van der Waals surface area contributed by atoms with E-state index in [0.29, 0.717) is 12.0 Å². The van der Waals surface area contributed by atoms with E-state index in [2.05, 4.69) is 37.3 Å². The first kappa shape index (κ1) is 17.2. The van der Waals surface area contributed by atoms with Crippen LogP contribution in [0.1, 0.15) is 31.9 Å². The summed E-state index contributed by atoms with van der Waals surface area (Å²) in [6, 6.07) is 2.47. The molecule has 2 N–H and O–H groups in total. The summed E-state index contributed by atoms with van der Waals surface area (Å²) in [5.74, 6) is 1.43. The van der Waals surface area contributed by atoms with Crippen molar-refractivity contribution in [2.24, 2.45) is 5.92 Å². The standard InChI is InChI=1S/C16H24N6OS/c1-12(4-7-23)22-5-2-13(3-6-22)8-14-9-15(18-10-17-14)20-16-21-19-11-24-16/h9-13,23H,2-8H2,1H3,(H,17,18,20,21)/t12-/m0/s1. The third-order valence-corrected chi connectivity index (χ3v) is 5.24. The Morgan fingerprint density at radius 2 is 2.21 bits per heavy atom. The Labute approximate surface area is 146 Å². The third-order valence-electron chi connectivity index (χ3n) is 4.64. The molecule has 0 aliphatic carbocycles. The second-order valence-corrected chi connectivity index (χ2v) is 7.14. The Bertz CT molecular complexity index is 615. The monoisotopic (exact) mass is 348 g/mol. The van der Waals surface area contributed by atoms with Crippen LogP contribution in [0.5, 0.6) is 0 Å². The molecule has 8 heteroatoms. The van der Waals surface area contributed by atoms with E-state index in [4.69, 9.17) is 5.11 Å². The van der Waals surface area contributed by atoms with Crippen molar-refractivity contribution in [3.8, 4) is 0 Å². The number of nitrogens with zero attached hydrogens (tertiary/aromatic N) is 5. The van der Waals surface area contributed by atoms with Crippen molar-refractivity contribution in [3.05, 3.63) is 23.6 Å². The molecular formula is C16H24N6OS. The fourth-order valence-electron chi connectivity index (χ4n) is 3.18. The second kappa shape index (κ2) is 8.46. The minimum Gasteiger partial charge on any atom is -0.396 e. The molecule has 130 valence electrons. The molecule has 0 aromatic carbocycles. The van der Waals surface area contributed by atoms with Crippen LogP contribution in [-0.4, -0.2) is 55.9 Å². The van der Waals surface area contributed by atoms with Crippen molar-refractivity contribution >= 4 is 22.3 Å². The summed E-state index contributed by atoms with van der Waals surface area (Å²) in [7, 11) is 0. The van der Waals surface area contributed by atoms with Crippen molar-refractivity contribution in [2.75, 3.05) is 25.0 Å². The van der Waals surface area contributed by atoms with E-state index in [1.807, 2.05) is 6.07 Å². The van der Waals surface area contributed by atoms with Crippen LogP contribution < -0.4 is 5.32 Å². The van der Waals surface area contributed by atoms with Gasteiger partial charge in [-0.1, -0.05) is 11.3 Å². The normalized spacial score (nSPS) is 17.8. The van der Waals surface area contributed by atoms with Gasteiger partial charge in [0.05, 0.1) is 0 Å². The lowest BCUT2D eigenvalue weighted by atomic mass is 9.91. The molecule has 0 unspecified atom stereocenters. The highest BCUT2D eigenvalue weighted by atomic mass is 32.1. The smallest absolute Gasteiger partial charge is 0.210 e. The number of rotatable bonds is 7. The topological polar surface area (TPSA) is 87.1 Å². The summed E-state index contributed by atoms with van der Waals surface area (Å²) >= 11 is 1.45. The number of aliphatic hydroxyl groups is 1. The Kier molecular flexibility index (Phi) is 6.06. The van der Waals surface area contributed by atoms with Gasteiger partial charge < -0.3 is 15.3 Å². The lowest BCUT2D eigenvalue weighted by molar-refractivity contribution is 0.119. The Morgan fingerprint density at radius 1 is 1.38 bits per heavy atom. The number of likely N-dealkylation sites (tertiary alicyclic amines) is 1. The van der Waals surface area contributed by atoms with Crippen molar-refractivity contribution in [1.82, 2.24) is 25.1 Å². The molecular weight excluding hydrogens is 324 g/mol. The summed E-state index contributed by atoms with van der Waals surface area (Å²) in [5, 5.41) is 20.8. The number of nitrogens with one attached hydrogen (secondary N) is 1. The van der Waals surface area contributed by atoms with Crippen LogP contribution in [0.15, 0.2) is 17.9 Å². The number of aliphatic hydroxyl groups excluding tert-OH is 1. The zero-order chi connectivity index (χ0) is 16.8. The van der Waals surface area contributed by atoms with Gasteiger partial charge in [0.15, 0.2) is 0 Å². The average molecular weight is 348 g/mol. The van der Waals surface area contributed by atoms with E-state index in [1.165, 1.54) is 24.2 Å². The molecule has 1 fully saturated rings. The van der Waals surface area contributed by atoms with E-state index >= 15 is 0 Å². The fourth-order valence-corrected chi connectivity index (χ4v) is 3.63. The number of aromatic nitrogens is 4. The first-order valence-electron chi connectivity index (χ1n) is 8.43. The van der Waals surface area contributed by atoms with Gasteiger partial charge in [-0.15, -0.1) is 10.2 Å². The molecule has 1 aliphatic rings. The first-order chi connectivity index (χ1) is 11.7. The van der Waals surface area contributed by atoms with Gasteiger partial charge in [-0.2, -0.15) is 0 Å². The molecule has 1 atom stereocenters. The van der Waals surface area contributed by atoms with Crippen LogP contribution in [0, 0.1) is 5.92 Å². The van der Waals surface area contributed by atoms with Gasteiger partial charge in [0, 0.05) is 24.4 Å². The van der Waals surface area contributed by atoms with Gasteiger partial charge in [-0.25, -0.2) is 9.97 Å². The highest BCUT2D eigenvalue weighted by Crippen LogP contribution is 2.24. The maximum Gasteiger partial charge on any atom is 0.210 e. The van der Waals surface area contributed by atoms with Crippen LogP contribution in [-0.2, 0) is 6.42 Å². The summed E-state index contributed by atoms with van der Waals surface area (Å²) in [5.41, 5.74) is 2.76. The SMILES string of the molecule is C[C@@H](CCO)N1CCC(Cc2cc(Nc3nncs3)ncn2)CC1. The molecule has 1 aliphatic heterocycles. The van der Waals surface area contributed by atoms with Crippen LogP contribution in [0.3, 0.4) is 0 Å². The van der Waals surface area contributed by atoms with E-state index in [-0.39, 0.29) is 6.61 Å². The zero-order valence-electron chi connectivity index (χ0n) is 13.9. The van der Waals surface area contributed by atoms with Crippen LogP contribution in [0.4, 0.5) is 10.9 Å². The molecule has 7 nitrogen and oxygen atoms in total. The maximum atomic E-state index is 9.08. The molecule has 2 aromatic rings. The molecule has 0 spiro atoms.